The molecule has 2 aliphatic rings. The van der Waals surface area contributed by atoms with Gasteiger partial charge in [0.25, 0.3) is 0 Å². The van der Waals surface area contributed by atoms with Gasteiger partial charge in [-0.15, -0.1) is 0 Å². The van der Waals surface area contributed by atoms with Crippen molar-refractivity contribution in [3.05, 3.63) is 11.1 Å². The molecule has 0 amide bonds. The molecule has 0 aromatic heterocycles. The van der Waals surface area contributed by atoms with Crippen LogP contribution in [-0.4, -0.2) is 29.8 Å². The van der Waals surface area contributed by atoms with Crippen molar-refractivity contribution in [1.29, 1.82) is 0 Å². The average molecular weight is 249 g/mol. The van der Waals surface area contributed by atoms with Gasteiger partial charge in [-0.1, -0.05) is 25.0 Å². The maximum Gasteiger partial charge on any atom is 0.137 e. The van der Waals surface area contributed by atoms with E-state index in [1.165, 1.54) is 50.8 Å². The second-order valence-electron chi connectivity index (χ2n) is 5.86. The molecule has 2 heteroatoms. The summed E-state index contributed by atoms with van der Waals surface area (Å²) in [5, 5.41) is 0. The second-order valence-corrected chi connectivity index (χ2v) is 5.86. The summed E-state index contributed by atoms with van der Waals surface area (Å²) in [5.41, 5.74) is 3.12. The van der Waals surface area contributed by atoms with Crippen molar-refractivity contribution in [2.75, 3.05) is 13.1 Å². The Balaban J connectivity index is 2.00. The summed E-state index contributed by atoms with van der Waals surface area (Å²) in [6.07, 6.45) is 8.82. The molecule has 0 unspecified atom stereocenters. The van der Waals surface area contributed by atoms with Crippen LogP contribution in [0.1, 0.15) is 65.2 Å². The van der Waals surface area contributed by atoms with E-state index in [-0.39, 0.29) is 0 Å². The third-order valence-corrected chi connectivity index (χ3v) is 4.42. The van der Waals surface area contributed by atoms with Crippen molar-refractivity contribution in [2.45, 2.75) is 71.3 Å². The van der Waals surface area contributed by atoms with Crippen LogP contribution in [0.3, 0.4) is 0 Å². The largest absolute Gasteiger partial charge is 0.300 e. The molecule has 0 saturated carbocycles. The SMILES string of the molecule is CCCN(CCC)[C@H]1CCC2=C(CC(=O)CC2)C1. The first kappa shape index (κ1) is 13.8. The summed E-state index contributed by atoms with van der Waals surface area (Å²) < 4.78 is 0. The fourth-order valence-electron chi connectivity index (χ4n) is 3.53. The molecule has 0 saturated heterocycles. The van der Waals surface area contributed by atoms with Crippen LogP contribution < -0.4 is 0 Å². The van der Waals surface area contributed by atoms with Gasteiger partial charge in [-0.2, -0.15) is 0 Å². The first-order valence-corrected chi connectivity index (χ1v) is 7.70. The number of hydrogen-bond donors (Lipinski definition) is 0. The number of allylic oxidation sites excluding steroid dienone is 1. The van der Waals surface area contributed by atoms with E-state index in [2.05, 4.69) is 18.7 Å². The Morgan fingerprint density at radius 3 is 2.44 bits per heavy atom. The number of rotatable bonds is 5. The molecule has 2 aliphatic carbocycles. The van der Waals surface area contributed by atoms with E-state index in [4.69, 9.17) is 0 Å². The first-order chi connectivity index (χ1) is 8.74. The van der Waals surface area contributed by atoms with Gasteiger partial charge in [0, 0.05) is 18.9 Å². The third-order valence-electron chi connectivity index (χ3n) is 4.42. The Hall–Kier alpha value is -0.630. The Labute approximate surface area is 111 Å². The molecule has 0 aliphatic heterocycles. The van der Waals surface area contributed by atoms with Crippen molar-refractivity contribution in [2.24, 2.45) is 0 Å². The van der Waals surface area contributed by atoms with Gasteiger partial charge in [0.2, 0.25) is 0 Å². The van der Waals surface area contributed by atoms with E-state index in [1.54, 1.807) is 5.57 Å². The highest BCUT2D eigenvalue weighted by molar-refractivity contribution is 5.82. The van der Waals surface area contributed by atoms with E-state index in [0.29, 0.717) is 11.8 Å². The molecule has 1 atom stereocenters. The standard InChI is InChI=1S/C16H27NO/c1-3-9-17(10-4-2)15-7-5-13-6-8-16(18)12-14(13)11-15/h15H,3-12H2,1-2H3/t15-/m0/s1. The van der Waals surface area contributed by atoms with E-state index < -0.39 is 0 Å². The highest BCUT2D eigenvalue weighted by Crippen LogP contribution is 2.36. The number of Topliss-reactive ketones (excluding diaryl/α,β-unsaturated/α-hetero) is 1. The minimum absolute atomic E-state index is 0.465. The summed E-state index contributed by atoms with van der Waals surface area (Å²) in [4.78, 5) is 14.3. The fraction of sp³-hybridized carbons (Fsp3) is 0.812. The lowest BCUT2D eigenvalue weighted by Gasteiger charge is -2.37. The Kier molecular flexibility index (Phi) is 4.99. The summed E-state index contributed by atoms with van der Waals surface area (Å²) in [7, 11) is 0. The molecule has 0 aromatic carbocycles. The molecule has 102 valence electrons. The summed E-state index contributed by atoms with van der Waals surface area (Å²) in [6, 6.07) is 0.703. The molecular weight excluding hydrogens is 222 g/mol. The zero-order valence-electron chi connectivity index (χ0n) is 12.0. The van der Waals surface area contributed by atoms with Gasteiger partial charge in [-0.05, 0) is 51.6 Å². The van der Waals surface area contributed by atoms with Crippen molar-refractivity contribution in [3.8, 4) is 0 Å². The van der Waals surface area contributed by atoms with E-state index >= 15 is 0 Å². The molecular formula is C16H27NO. The fourth-order valence-corrected chi connectivity index (χ4v) is 3.53. The minimum atomic E-state index is 0.465. The molecule has 0 aromatic rings. The van der Waals surface area contributed by atoms with Crippen LogP contribution in [0, 0.1) is 0 Å². The van der Waals surface area contributed by atoms with E-state index in [0.717, 1.165) is 19.3 Å². The quantitative estimate of drug-likeness (QED) is 0.692. The highest BCUT2D eigenvalue weighted by Gasteiger charge is 2.28. The van der Waals surface area contributed by atoms with Crippen LogP contribution in [-0.2, 0) is 4.79 Å². The minimum Gasteiger partial charge on any atom is -0.300 e. The predicted molar refractivity (Wildman–Crippen MR) is 75.7 cm³/mol. The molecule has 18 heavy (non-hydrogen) atoms. The zero-order valence-corrected chi connectivity index (χ0v) is 12.0. The van der Waals surface area contributed by atoms with Gasteiger partial charge in [-0.25, -0.2) is 0 Å². The van der Waals surface area contributed by atoms with Gasteiger partial charge in [0.1, 0.15) is 5.78 Å². The van der Waals surface area contributed by atoms with Crippen LogP contribution >= 0.6 is 0 Å². The maximum atomic E-state index is 11.6. The van der Waals surface area contributed by atoms with E-state index in [9.17, 15) is 4.79 Å². The molecule has 0 bridgehead atoms. The number of carbonyl (C=O) groups is 1. The van der Waals surface area contributed by atoms with Gasteiger partial charge < -0.3 is 4.90 Å². The molecule has 0 N–H and O–H groups in total. The van der Waals surface area contributed by atoms with Crippen molar-refractivity contribution in [1.82, 2.24) is 4.90 Å². The molecule has 0 spiro atoms. The lowest BCUT2D eigenvalue weighted by molar-refractivity contribution is -0.118. The summed E-state index contributed by atoms with van der Waals surface area (Å²) in [5.74, 6) is 0.465. The van der Waals surface area contributed by atoms with Crippen molar-refractivity contribution < 1.29 is 4.79 Å². The van der Waals surface area contributed by atoms with Crippen LogP contribution in [0.5, 0.6) is 0 Å². The van der Waals surface area contributed by atoms with Crippen molar-refractivity contribution in [3.63, 3.8) is 0 Å². The Morgan fingerprint density at radius 2 is 1.78 bits per heavy atom. The number of carbonyl (C=O) groups excluding carboxylic acids is 1. The first-order valence-electron chi connectivity index (χ1n) is 7.70. The van der Waals surface area contributed by atoms with Gasteiger partial charge in [-0.3, -0.25) is 4.79 Å². The highest BCUT2D eigenvalue weighted by atomic mass is 16.1. The monoisotopic (exact) mass is 249 g/mol. The van der Waals surface area contributed by atoms with Gasteiger partial charge in [0.05, 0.1) is 0 Å². The van der Waals surface area contributed by atoms with Crippen molar-refractivity contribution >= 4 is 5.78 Å². The van der Waals surface area contributed by atoms with Crippen LogP contribution in [0.4, 0.5) is 0 Å². The van der Waals surface area contributed by atoms with Gasteiger partial charge in [0.15, 0.2) is 0 Å². The zero-order chi connectivity index (χ0) is 13.0. The lowest BCUT2D eigenvalue weighted by Crippen LogP contribution is -2.39. The second kappa shape index (κ2) is 6.51. The molecule has 0 heterocycles. The lowest BCUT2D eigenvalue weighted by atomic mass is 9.79. The van der Waals surface area contributed by atoms with Gasteiger partial charge >= 0.3 is 0 Å². The van der Waals surface area contributed by atoms with E-state index in [1.807, 2.05) is 0 Å². The normalized spacial score (nSPS) is 24.6. The van der Waals surface area contributed by atoms with Crippen LogP contribution in [0.25, 0.3) is 0 Å². The smallest absolute Gasteiger partial charge is 0.137 e. The molecule has 2 rings (SSSR count). The topological polar surface area (TPSA) is 20.3 Å². The number of nitrogens with zero attached hydrogens (tertiary/aromatic N) is 1. The maximum absolute atomic E-state index is 11.6. The van der Waals surface area contributed by atoms with Crippen LogP contribution in [0.2, 0.25) is 0 Å². The number of ketones is 1. The molecule has 2 nitrogen and oxygen atoms in total. The predicted octanol–water partition coefficient (Wildman–Crippen LogP) is 3.71. The summed E-state index contributed by atoms with van der Waals surface area (Å²) in [6.45, 7) is 6.96. The summed E-state index contributed by atoms with van der Waals surface area (Å²) >= 11 is 0. The molecule has 0 radical (unpaired) electrons. The van der Waals surface area contributed by atoms with Crippen LogP contribution in [0.15, 0.2) is 11.1 Å². The average Bonchev–Trinajstić information content (AvgIpc) is 2.37. The molecule has 0 fully saturated rings. The Morgan fingerprint density at radius 1 is 1.06 bits per heavy atom. The third kappa shape index (κ3) is 3.23. The Bertz CT molecular complexity index is 326. The number of hydrogen-bond acceptors (Lipinski definition) is 2.